The van der Waals surface area contributed by atoms with Gasteiger partial charge < -0.3 is 10.2 Å². The molecule has 1 amide bonds. The molecule has 1 atom stereocenters. The third-order valence-corrected chi connectivity index (χ3v) is 3.01. The smallest absolute Gasteiger partial charge is 0.254 e. The number of hydrogen-bond donors (Lipinski definition) is 1. The van der Waals surface area contributed by atoms with Gasteiger partial charge >= 0.3 is 0 Å². The van der Waals surface area contributed by atoms with Crippen LogP contribution in [-0.2, 0) is 0 Å². The van der Waals surface area contributed by atoms with E-state index in [0.29, 0.717) is 0 Å². The molecule has 0 aliphatic carbocycles. The van der Waals surface area contributed by atoms with Crippen molar-refractivity contribution in [1.82, 2.24) is 10.2 Å². The Morgan fingerprint density at radius 3 is 2.44 bits per heavy atom. The second-order valence-electron chi connectivity index (χ2n) is 4.22. The maximum absolute atomic E-state index is 13.0. The molecular weight excluding hydrogens is 262 g/mol. The first-order valence-electron chi connectivity index (χ1n) is 5.52. The molecule has 1 aliphatic heterocycles. The van der Waals surface area contributed by atoms with Gasteiger partial charge in [0.15, 0.2) is 0 Å². The van der Waals surface area contributed by atoms with E-state index >= 15 is 0 Å². The average Bonchev–Trinajstić information content (AvgIpc) is 2.79. The van der Waals surface area contributed by atoms with Crippen LogP contribution in [0.25, 0.3) is 0 Å². The van der Waals surface area contributed by atoms with Crippen LogP contribution in [0.4, 0.5) is 8.78 Å². The Morgan fingerprint density at radius 1 is 1.33 bits per heavy atom. The minimum atomic E-state index is -0.730. The number of amides is 1. The molecule has 100 valence electrons. The van der Waals surface area contributed by atoms with Gasteiger partial charge in [-0.05, 0) is 25.1 Å². The minimum Gasteiger partial charge on any atom is -0.337 e. The summed E-state index contributed by atoms with van der Waals surface area (Å²) in [4.78, 5) is 13.5. The van der Waals surface area contributed by atoms with Gasteiger partial charge in [0.05, 0.1) is 0 Å². The van der Waals surface area contributed by atoms with Crippen LogP contribution in [0.3, 0.4) is 0 Å². The van der Waals surface area contributed by atoms with Crippen LogP contribution in [0.2, 0.25) is 0 Å². The zero-order chi connectivity index (χ0) is 12.4. The molecule has 3 nitrogen and oxygen atoms in total. The van der Waals surface area contributed by atoms with E-state index in [-0.39, 0.29) is 29.9 Å². The molecule has 0 aromatic heterocycles. The van der Waals surface area contributed by atoms with E-state index in [1.165, 1.54) is 4.90 Å². The Morgan fingerprint density at radius 2 is 1.94 bits per heavy atom. The van der Waals surface area contributed by atoms with Crippen LogP contribution in [0, 0.1) is 11.6 Å². The molecule has 0 bridgehead atoms. The monoisotopic (exact) mass is 276 g/mol. The van der Waals surface area contributed by atoms with Gasteiger partial charge in [-0.1, -0.05) is 0 Å². The summed E-state index contributed by atoms with van der Waals surface area (Å²) in [6.45, 7) is 1.58. The first-order valence-corrected chi connectivity index (χ1v) is 5.52. The molecular formula is C12H15ClF2N2O. The number of hydrogen-bond acceptors (Lipinski definition) is 2. The van der Waals surface area contributed by atoms with Crippen molar-refractivity contribution in [3.05, 3.63) is 35.4 Å². The lowest BCUT2D eigenvalue weighted by atomic mass is 10.1. The second kappa shape index (κ2) is 6.11. The quantitative estimate of drug-likeness (QED) is 0.894. The van der Waals surface area contributed by atoms with Crippen molar-refractivity contribution in [2.75, 3.05) is 20.1 Å². The Labute approximate surface area is 111 Å². The number of nitrogens with one attached hydrogen (secondary N) is 1. The maximum Gasteiger partial charge on any atom is 0.254 e. The van der Waals surface area contributed by atoms with Crippen molar-refractivity contribution in [2.45, 2.75) is 12.5 Å². The van der Waals surface area contributed by atoms with E-state index in [1.807, 2.05) is 0 Å². The zero-order valence-corrected chi connectivity index (χ0v) is 10.8. The highest BCUT2D eigenvalue weighted by atomic mass is 35.5. The molecule has 0 radical (unpaired) electrons. The standard InChI is InChI=1S/C12H14F2N2O.ClH/c1-16(11-2-3-15-7-11)12(17)8-4-9(13)6-10(14)5-8;/h4-6,11,15H,2-3,7H2,1H3;1H/t11-;/m1./s1. The van der Waals surface area contributed by atoms with Crippen LogP contribution < -0.4 is 5.32 Å². The molecule has 0 saturated carbocycles. The lowest BCUT2D eigenvalue weighted by molar-refractivity contribution is 0.0742. The predicted molar refractivity (Wildman–Crippen MR) is 67.0 cm³/mol. The Balaban J connectivity index is 0.00000162. The van der Waals surface area contributed by atoms with Crippen molar-refractivity contribution in [2.24, 2.45) is 0 Å². The normalized spacial score (nSPS) is 18.3. The molecule has 1 heterocycles. The fraction of sp³-hybridized carbons (Fsp3) is 0.417. The van der Waals surface area contributed by atoms with Crippen LogP contribution in [-0.4, -0.2) is 37.0 Å². The van der Waals surface area contributed by atoms with Crippen molar-refractivity contribution in [1.29, 1.82) is 0 Å². The summed E-state index contributed by atoms with van der Waals surface area (Å²) >= 11 is 0. The number of halogens is 3. The number of carbonyl (C=O) groups excluding carboxylic acids is 1. The van der Waals surface area contributed by atoms with Gasteiger partial charge in [0.2, 0.25) is 0 Å². The molecule has 1 saturated heterocycles. The van der Waals surface area contributed by atoms with Crippen LogP contribution >= 0.6 is 12.4 Å². The number of likely N-dealkylation sites (N-methyl/N-ethyl adjacent to an activating group) is 1. The molecule has 1 aromatic carbocycles. The number of rotatable bonds is 2. The molecule has 1 N–H and O–H groups in total. The fourth-order valence-electron chi connectivity index (χ4n) is 2.02. The van der Waals surface area contributed by atoms with E-state index in [4.69, 9.17) is 0 Å². The number of benzene rings is 1. The minimum absolute atomic E-state index is 0. The van der Waals surface area contributed by atoms with Crippen molar-refractivity contribution < 1.29 is 13.6 Å². The average molecular weight is 277 g/mol. The van der Waals surface area contributed by atoms with Crippen molar-refractivity contribution in [3.8, 4) is 0 Å². The van der Waals surface area contributed by atoms with Crippen LogP contribution in [0.5, 0.6) is 0 Å². The summed E-state index contributed by atoms with van der Waals surface area (Å²) in [6.07, 6.45) is 0.861. The van der Waals surface area contributed by atoms with E-state index < -0.39 is 11.6 Å². The largest absolute Gasteiger partial charge is 0.337 e. The maximum atomic E-state index is 13.0. The van der Waals surface area contributed by atoms with Gasteiger partial charge in [-0.15, -0.1) is 12.4 Å². The lowest BCUT2D eigenvalue weighted by Gasteiger charge is -2.23. The molecule has 1 aliphatic rings. The SMILES string of the molecule is CN(C(=O)c1cc(F)cc(F)c1)[C@@H]1CCNC1.Cl. The summed E-state index contributed by atoms with van der Waals surface area (Å²) in [7, 11) is 1.66. The summed E-state index contributed by atoms with van der Waals surface area (Å²) in [5.74, 6) is -1.81. The van der Waals surface area contributed by atoms with Gasteiger partial charge in [0.1, 0.15) is 11.6 Å². The number of carbonyl (C=O) groups is 1. The lowest BCUT2D eigenvalue weighted by Crippen LogP contribution is -2.38. The van der Waals surface area contributed by atoms with Gasteiger partial charge in [-0.2, -0.15) is 0 Å². The van der Waals surface area contributed by atoms with Gasteiger partial charge in [-0.25, -0.2) is 8.78 Å². The third-order valence-electron chi connectivity index (χ3n) is 3.01. The molecule has 0 spiro atoms. The summed E-state index contributed by atoms with van der Waals surface area (Å²) in [6, 6.07) is 2.97. The molecule has 0 unspecified atom stereocenters. The summed E-state index contributed by atoms with van der Waals surface area (Å²) in [5, 5.41) is 3.14. The molecule has 18 heavy (non-hydrogen) atoms. The highest BCUT2D eigenvalue weighted by Crippen LogP contribution is 2.14. The first-order chi connectivity index (χ1) is 8.08. The molecule has 6 heteroatoms. The topological polar surface area (TPSA) is 32.3 Å². The van der Waals surface area contributed by atoms with Gasteiger partial charge in [0.25, 0.3) is 5.91 Å². The van der Waals surface area contributed by atoms with Crippen LogP contribution in [0.1, 0.15) is 16.8 Å². The Kier molecular flexibility index (Phi) is 5.04. The third kappa shape index (κ3) is 3.17. The molecule has 2 rings (SSSR count). The van der Waals surface area contributed by atoms with Crippen molar-refractivity contribution >= 4 is 18.3 Å². The fourth-order valence-corrected chi connectivity index (χ4v) is 2.02. The van der Waals surface area contributed by atoms with Crippen LogP contribution in [0.15, 0.2) is 18.2 Å². The van der Waals surface area contributed by atoms with E-state index in [9.17, 15) is 13.6 Å². The summed E-state index contributed by atoms with van der Waals surface area (Å²) < 4.78 is 26.0. The molecule has 1 aromatic rings. The number of nitrogens with zero attached hydrogens (tertiary/aromatic N) is 1. The van der Waals surface area contributed by atoms with E-state index in [0.717, 1.165) is 37.7 Å². The second-order valence-corrected chi connectivity index (χ2v) is 4.22. The summed E-state index contributed by atoms with van der Waals surface area (Å²) in [5.41, 5.74) is 0.0527. The van der Waals surface area contributed by atoms with Crippen molar-refractivity contribution in [3.63, 3.8) is 0 Å². The molecule has 1 fully saturated rings. The van der Waals surface area contributed by atoms with Gasteiger partial charge in [0, 0.05) is 31.3 Å². The highest BCUT2D eigenvalue weighted by Gasteiger charge is 2.24. The van der Waals surface area contributed by atoms with Gasteiger partial charge in [-0.3, -0.25) is 4.79 Å². The Hall–Kier alpha value is -1.20. The zero-order valence-electron chi connectivity index (χ0n) is 9.95. The predicted octanol–water partition coefficient (Wildman–Crippen LogP) is 1.82. The highest BCUT2D eigenvalue weighted by molar-refractivity contribution is 5.94. The van der Waals surface area contributed by atoms with E-state index in [2.05, 4.69) is 5.32 Å². The van der Waals surface area contributed by atoms with E-state index in [1.54, 1.807) is 7.05 Å². The Bertz CT molecular complexity index is 416. The first kappa shape index (κ1) is 14.9.